The number of nitrogens with one attached hydrogen (secondary N) is 1. The first kappa shape index (κ1) is 14.6. The number of aromatic nitrogens is 4. The average Bonchev–Trinajstić information content (AvgIpc) is 3.06. The third kappa shape index (κ3) is 3.14. The van der Waals surface area contributed by atoms with Crippen molar-refractivity contribution in [1.29, 1.82) is 0 Å². The van der Waals surface area contributed by atoms with Crippen LogP contribution in [-0.2, 0) is 19.4 Å². The number of halogens is 1. The molecule has 3 aromatic rings. The lowest BCUT2D eigenvalue weighted by atomic mass is 10.1. The molecule has 0 spiro atoms. The summed E-state index contributed by atoms with van der Waals surface area (Å²) in [6.07, 6.45) is 0.935. The number of thiazole rings is 1. The first-order valence-corrected chi connectivity index (χ1v) is 7.80. The monoisotopic (exact) mass is 318 g/mol. The fourth-order valence-electron chi connectivity index (χ4n) is 2.27. The van der Waals surface area contributed by atoms with Crippen LogP contribution in [0.4, 0.5) is 4.39 Å². The molecule has 0 bridgehead atoms. The molecule has 1 aromatic carbocycles. The van der Waals surface area contributed by atoms with Gasteiger partial charge in [-0.05, 0) is 25.0 Å². The van der Waals surface area contributed by atoms with Crippen molar-refractivity contribution in [1.82, 2.24) is 19.7 Å². The largest absolute Gasteiger partial charge is 0.343 e. The van der Waals surface area contributed by atoms with Crippen molar-refractivity contribution in [3.05, 3.63) is 68.0 Å². The van der Waals surface area contributed by atoms with Crippen molar-refractivity contribution in [3.8, 4) is 0 Å². The van der Waals surface area contributed by atoms with Gasteiger partial charge in [-0.3, -0.25) is 4.57 Å². The molecular formula is C15H15FN4OS. The van der Waals surface area contributed by atoms with E-state index in [2.05, 4.69) is 15.2 Å². The van der Waals surface area contributed by atoms with Gasteiger partial charge in [0.2, 0.25) is 0 Å². The molecule has 7 heteroatoms. The Balaban J connectivity index is 1.78. The zero-order valence-corrected chi connectivity index (χ0v) is 12.9. The molecule has 0 aliphatic rings. The van der Waals surface area contributed by atoms with Crippen LogP contribution in [0.2, 0.25) is 0 Å². The molecule has 0 unspecified atom stereocenters. The van der Waals surface area contributed by atoms with E-state index < -0.39 is 0 Å². The van der Waals surface area contributed by atoms with E-state index in [-0.39, 0.29) is 11.5 Å². The van der Waals surface area contributed by atoms with Gasteiger partial charge in [0.05, 0.1) is 6.42 Å². The Labute approximate surface area is 130 Å². The van der Waals surface area contributed by atoms with E-state index in [4.69, 9.17) is 0 Å². The zero-order chi connectivity index (χ0) is 15.5. The maximum absolute atomic E-state index is 13.6. The Morgan fingerprint density at radius 3 is 2.91 bits per heavy atom. The zero-order valence-electron chi connectivity index (χ0n) is 12.0. The van der Waals surface area contributed by atoms with Gasteiger partial charge in [0.15, 0.2) is 0 Å². The Bertz CT molecular complexity index is 836. The molecule has 0 aliphatic carbocycles. The van der Waals surface area contributed by atoms with Gasteiger partial charge >= 0.3 is 5.69 Å². The van der Waals surface area contributed by atoms with Crippen molar-refractivity contribution < 1.29 is 4.39 Å². The Morgan fingerprint density at radius 2 is 2.18 bits per heavy atom. The summed E-state index contributed by atoms with van der Waals surface area (Å²) in [6, 6.07) is 6.59. The molecule has 2 heterocycles. The summed E-state index contributed by atoms with van der Waals surface area (Å²) in [4.78, 5) is 16.3. The van der Waals surface area contributed by atoms with E-state index in [0.29, 0.717) is 30.8 Å². The van der Waals surface area contributed by atoms with Crippen molar-refractivity contribution in [2.45, 2.75) is 26.3 Å². The molecule has 22 heavy (non-hydrogen) atoms. The maximum Gasteiger partial charge on any atom is 0.343 e. The van der Waals surface area contributed by atoms with Crippen LogP contribution < -0.4 is 5.69 Å². The van der Waals surface area contributed by atoms with Gasteiger partial charge in [-0.2, -0.15) is 5.10 Å². The number of hydrogen-bond donors (Lipinski definition) is 1. The van der Waals surface area contributed by atoms with Crippen LogP contribution in [0.3, 0.4) is 0 Å². The van der Waals surface area contributed by atoms with Crippen LogP contribution in [0.5, 0.6) is 0 Å². The predicted octanol–water partition coefficient (Wildman–Crippen LogP) is 2.31. The standard InChI is InChI=1S/C15H15FN4OS/c1-10-9-22-14(17-10)8-13-18-19-15(21)20(13)7-6-11-4-2-3-5-12(11)16/h2-5,9H,6-8H2,1H3,(H,19,21). The predicted molar refractivity (Wildman–Crippen MR) is 82.6 cm³/mol. The molecule has 0 fully saturated rings. The molecule has 0 radical (unpaired) electrons. The smallest absolute Gasteiger partial charge is 0.278 e. The number of nitrogens with zero attached hydrogens (tertiary/aromatic N) is 3. The quantitative estimate of drug-likeness (QED) is 0.785. The number of H-pyrrole nitrogens is 1. The highest BCUT2D eigenvalue weighted by atomic mass is 32.1. The minimum atomic E-state index is -0.278. The highest BCUT2D eigenvalue weighted by Gasteiger charge is 2.12. The Hall–Kier alpha value is -2.28. The molecule has 0 saturated heterocycles. The second-order valence-corrected chi connectivity index (χ2v) is 5.94. The van der Waals surface area contributed by atoms with Gasteiger partial charge in [0, 0.05) is 17.6 Å². The second-order valence-electron chi connectivity index (χ2n) is 5.00. The van der Waals surface area contributed by atoms with Crippen LogP contribution in [0.25, 0.3) is 0 Å². The third-order valence-electron chi connectivity index (χ3n) is 3.38. The lowest BCUT2D eigenvalue weighted by Crippen LogP contribution is -2.20. The third-order valence-corrected chi connectivity index (χ3v) is 4.34. The number of aromatic amines is 1. The molecule has 5 nitrogen and oxygen atoms in total. The van der Waals surface area contributed by atoms with Crippen LogP contribution in [0.15, 0.2) is 34.4 Å². The van der Waals surface area contributed by atoms with Crippen molar-refractivity contribution in [3.63, 3.8) is 0 Å². The number of benzene rings is 1. The van der Waals surface area contributed by atoms with E-state index in [0.717, 1.165) is 10.7 Å². The maximum atomic E-state index is 13.6. The molecule has 3 rings (SSSR count). The summed E-state index contributed by atoms with van der Waals surface area (Å²) in [5.74, 6) is 0.367. The Kier molecular flexibility index (Phi) is 4.15. The fraction of sp³-hybridized carbons (Fsp3) is 0.267. The van der Waals surface area contributed by atoms with Gasteiger partial charge in [-0.1, -0.05) is 18.2 Å². The van der Waals surface area contributed by atoms with Crippen LogP contribution in [0, 0.1) is 12.7 Å². The van der Waals surface area contributed by atoms with Crippen LogP contribution in [0.1, 0.15) is 22.1 Å². The average molecular weight is 318 g/mol. The molecule has 0 amide bonds. The van der Waals surface area contributed by atoms with Crippen LogP contribution in [-0.4, -0.2) is 19.7 Å². The highest BCUT2D eigenvalue weighted by molar-refractivity contribution is 7.09. The molecule has 114 valence electrons. The highest BCUT2D eigenvalue weighted by Crippen LogP contribution is 2.13. The second kappa shape index (κ2) is 6.23. The molecule has 0 aliphatic heterocycles. The van der Waals surface area contributed by atoms with E-state index in [1.54, 1.807) is 22.8 Å². The Morgan fingerprint density at radius 1 is 1.36 bits per heavy atom. The molecular weight excluding hydrogens is 303 g/mol. The first-order valence-electron chi connectivity index (χ1n) is 6.92. The first-order chi connectivity index (χ1) is 10.6. The number of hydrogen-bond acceptors (Lipinski definition) is 4. The van der Waals surface area contributed by atoms with Gasteiger partial charge in [-0.15, -0.1) is 11.3 Å². The van der Waals surface area contributed by atoms with Gasteiger partial charge in [0.1, 0.15) is 16.6 Å². The van der Waals surface area contributed by atoms with Crippen molar-refractivity contribution in [2.75, 3.05) is 0 Å². The van der Waals surface area contributed by atoms with E-state index in [1.165, 1.54) is 17.4 Å². The summed E-state index contributed by atoms with van der Waals surface area (Å²) in [7, 11) is 0. The SMILES string of the molecule is Cc1csc(Cc2n[nH]c(=O)n2CCc2ccccc2F)n1. The normalized spacial score (nSPS) is 11.0. The van der Waals surface area contributed by atoms with E-state index in [9.17, 15) is 9.18 Å². The summed E-state index contributed by atoms with van der Waals surface area (Å²) < 4.78 is 15.2. The summed E-state index contributed by atoms with van der Waals surface area (Å²) in [5.41, 5.74) is 1.27. The number of aryl methyl sites for hydroxylation is 2. The number of rotatable bonds is 5. The molecule has 2 aromatic heterocycles. The summed E-state index contributed by atoms with van der Waals surface area (Å²) >= 11 is 1.54. The molecule has 0 atom stereocenters. The van der Waals surface area contributed by atoms with Gasteiger partial charge in [-0.25, -0.2) is 19.3 Å². The molecule has 1 N–H and O–H groups in total. The molecule has 0 saturated carbocycles. The van der Waals surface area contributed by atoms with Crippen LogP contribution >= 0.6 is 11.3 Å². The van der Waals surface area contributed by atoms with Gasteiger partial charge in [0.25, 0.3) is 0 Å². The topological polar surface area (TPSA) is 63.6 Å². The summed E-state index contributed by atoms with van der Waals surface area (Å²) in [5, 5.41) is 9.38. The lowest BCUT2D eigenvalue weighted by molar-refractivity contribution is 0.582. The van der Waals surface area contributed by atoms with Crippen molar-refractivity contribution >= 4 is 11.3 Å². The fourth-order valence-corrected chi connectivity index (χ4v) is 3.04. The lowest BCUT2D eigenvalue weighted by Gasteiger charge is -2.06. The minimum Gasteiger partial charge on any atom is -0.278 e. The summed E-state index contributed by atoms with van der Waals surface area (Å²) in [6.45, 7) is 2.31. The minimum absolute atomic E-state index is 0.254. The van der Waals surface area contributed by atoms with E-state index >= 15 is 0 Å². The van der Waals surface area contributed by atoms with E-state index in [1.807, 2.05) is 12.3 Å². The van der Waals surface area contributed by atoms with Gasteiger partial charge < -0.3 is 0 Å². The van der Waals surface area contributed by atoms with Crippen molar-refractivity contribution in [2.24, 2.45) is 0 Å².